The lowest BCUT2D eigenvalue weighted by Gasteiger charge is -2.26. The Morgan fingerprint density at radius 2 is 1.88 bits per heavy atom. The summed E-state index contributed by atoms with van der Waals surface area (Å²) in [5.41, 5.74) is 3.57. The lowest BCUT2D eigenvalue weighted by molar-refractivity contribution is -0.118. The van der Waals surface area contributed by atoms with Gasteiger partial charge in [0.15, 0.2) is 0 Å². The summed E-state index contributed by atoms with van der Waals surface area (Å²) in [6, 6.07) is 22.1. The van der Waals surface area contributed by atoms with E-state index in [1.165, 1.54) is 17.8 Å². The van der Waals surface area contributed by atoms with Gasteiger partial charge in [-0.1, -0.05) is 55.5 Å². The van der Waals surface area contributed by atoms with Crippen molar-refractivity contribution in [2.75, 3.05) is 16.0 Å². The summed E-state index contributed by atoms with van der Waals surface area (Å²) >= 11 is 1.50. The summed E-state index contributed by atoms with van der Waals surface area (Å²) in [6.45, 7) is 3.68. The molecule has 1 N–H and O–H groups in total. The fraction of sp³-hybridized carbons (Fsp3) is 0.231. The molecule has 3 aromatic carbocycles. The van der Waals surface area contributed by atoms with Gasteiger partial charge in [0.25, 0.3) is 0 Å². The van der Waals surface area contributed by atoms with Gasteiger partial charge in [-0.15, -0.1) is 11.8 Å². The van der Waals surface area contributed by atoms with Crippen LogP contribution < -0.4 is 10.2 Å². The lowest BCUT2D eigenvalue weighted by atomic mass is 9.95. The van der Waals surface area contributed by atoms with E-state index in [4.69, 9.17) is 0 Å². The second-order valence-corrected chi connectivity index (χ2v) is 8.87. The molecule has 0 spiro atoms. The van der Waals surface area contributed by atoms with Crippen molar-refractivity contribution in [2.24, 2.45) is 0 Å². The molecular weight excluding hydrogens is 423 g/mol. The summed E-state index contributed by atoms with van der Waals surface area (Å²) in [7, 11) is 0. The van der Waals surface area contributed by atoms with Crippen molar-refractivity contribution in [3.63, 3.8) is 0 Å². The van der Waals surface area contributed by atoms with Crippen molar-refractivity contribution in [3.05, 3.63) is 95.3 Å². The summed E-state index contributed by atoms with van der Waals surface area (Å²) in [5, 5.41) is 2.75. The Hall–Kier alpha value is -3.12. The van der Waals surface area contributed by atoms with Crippen LogP contribution in [0.4, 0.5) is 15.8 Å². The molecule has 2 unspecified atom stereocenters. The molecule has 0 saturated carbocycles. The topological polar surface area (TPSA) is 49.4 Å². The zero-order chi connectivity index (χ0) is 22.7. The van der Waals surface area contributed by atoms with Crippen molar-refractivity contribution in [3.8, 4) is 0 Å². The zero-order valence-corrected chi connectivity index (χ0v) is 18.9. The predicted octanol–water partition coefficient (Wildman–Crippen LogP) is 6.05. The van der Waals surface area contributed by atoms with Gasteiger partial charge < -0.3 is 5.32 Å². The second-order valence-electron chi connectivity index (χ2n) is 7.80. The first-order chi connectivity index (χ1) is 15.5. The Balaban J connectivity index is 1.59. The Labute approximate surface area is 191 Å². The Kier molecular flexibility index (Phi) is 6.61. The number of hydrogen-bond acceptors (Lipinski definition) is 3. The number of benzene rings is 3. The highest BCUT2D eigenvalue weighted by Crippen LogP contribution is 2.43. The van der Waals surface area contributed by atoms with Crippen LogP contribution in [0.25, 0.3) is 0 Å². The van der Waals surface area contributed by atoms with E-state index < -0.39 is 0 Å². The molecule has 0 radical (unpaired) electrons. The number of anilines is 2. The molecule has 4 rings (SSSR count). The van der Waals surface area contributed by atoms with Crippen molar-refractivity contribution < 1.29 is 14.0 Å². The molecule has 0 bridgehead atoms. The van der Waals surface area contributed by atoms with Gasteiger partial charge in [0, 0.05) is 11.3 Å². The quantitative estimate of drug-likeness (QED) is 0.500. The van der Waals surface area contributed by atoms with E-state index in [0.29, 0.717) is 29.1 Å². The Morgan fingerprint density at radius 3 is 2.62 bits per heavy atom. The molecule has 2 atom stereocenters. The number of hydrogen-bond donors (Lipinski definition) is 1. The summed E-state index contributed by atoms with van der Waals surface area (Å²) in [4.78, 5) is 27.3. The molecule has 1 aliphatic rings. The maximum absolute atomic E-state index is 14.2. The number of halogens is 1. The number of amides is 2. The van der Waals surface area contributed by atoms with Gasteiger partial charge in [-0.3, -0.25) is 14.5 Å². The smallest absolute Gasteiger partial charge is 0.238 e. The highest BCUT2D eigenvalue weighted by atomic mass is 32.2. The minimum atomic E-state index is -0.335. The lowest BCUT2D eigenvalue weighted by Crippen LogP contribution is -2.28. The van der Waals surface area contributed by atoms with Gasteiger partial charge >= 0.3 is 0 Å². The molecule has 6 heteroatoms. The molecule has 1 heterocycles. The SMILES string of the molecule is CCC(C(=O)Nc1cccc(C2SCC(=O)N2c2cccc(F)c2C)c1)c1ccccc1. The van der Waals surface area contributed by atoms with Gasteiger partial charge in [-0.05, 0) is 48.7 Å². The van der Waals surface area contributed by atoms with Gasteiger partial charge in [0.1, 0.15) is 11.2 Å². The average molecular weight is 449 g/mol. The van der Waals surface area contributed by atoms with Gasteiger partial charge in [-0.25, -0.2) is 4.39 Å². The number of nitrogens with zero attached hydrogens (tertiary/aromatic N) is 1. The van der Waals surface area contributed by atoms with Gasteiger partial charge in [0.2, 0.25) is 11.8 Å². The number of carbonyl (C=O) groups is 2. The maximum Gasteiger partial charge on any atom is 0.238 e. The van der Waals surface area contributed by atoms with Crippen LogP contribution in [0.1, 0.15) is 41.3 Å². The van der Waals surface area contributed by atoms with Gasteiger partial charge in [0.05, 0.1) is 17.4 Å². The third-order valence-corrected chi connectivity index (χ3v) is 6.94. The van der Waals surface area contributed by atoms with Crippen LogP contribution in [-0.4, -0.2) is 17.6 Å². The van der Waals surface area contributed by atoms with Crippen molar-refractivity contribution in [1.29, 1.82) is 0 Å². The first-order valence-electron chi connectivity index (χ1n) is 10.6. The van der Waals surface area contributed by atoms with Gasteiger partial charge in [-0.2, -0.15) is 0 Å². The van der Waals surface area contributed by atoms with E-state index in [1.807, 2.05) is 61.5 Å². The minimum absolute atomic E-state index is 0.0572. The van der Waals surface area contributed by atoms with E-state index in [1.54, 1.807) is 24.0 Å². The Bertz CT molecular complexity index is 1140. The van der Waals surface area contributed by atoms with Crippen LogP contribution in [0.3, 0.4) is 0 Å². The molecule has 3 aromatic rings. The highest BCUT2D eigenvalue weighted by molar-refractivity contribution is 8.00. The van der Waals surface area contributed by atoms with Crippen molar-refractivity contribution in [2.45, 2.75) is 31.6 Å². The van der Waals surface area contributed by atoms with E-state index in [2.05, 4.69) is 5.32 Å². The molecular formula is C26H25FN2O2S. The molecule has 4 nitrogen and oxygen atoms in total. The normalized spacial score (nSPS) is 16.8. The average Bonchev–Trinajstić information content (AvgIpc) is 3.18. The highest BCUT2D eigenvalue weighted by Gasteiger charge is 2.35. The minimum Gasteiger partial charge on any atom is -0.326 e. The largest absolute Gasteiger partial charge is 0.326 e. The maximum atomic E-state index is 14.2. The number of thioether (sulfide) groups is 1. The number of carbonyl (C=O) groups excluding carboxylic acids is 2. The second kappa shape index (κ2) is 9.57. The van der Waals surface area contributed by atoms with Crippen LogP contribution in [0, 0.1) is 12.7 Å². The fourth-order valence-corrected chi connectivity index (χ4v) is 5.20. The summed E-state index contributed by atoms with van der Waals surface area (Å²) in [6.07, 6.45) is 0.690. The van der Waals surface area contributed by atoms with Crippen LogP contribution in [0.5, 0.6) is 0 Å². The third-order valence-electron chi connectivity index (χ3n) is 5.73. The van der Waals surface area contributed by atoms with E-state index >= 15 is 0 Å². The van der Waals surface area contributed by atoms with E-state index in [-0.39, 0.29) is 28.9 Å². The predicted molar refractivity (Wildman–Crippen MR) is 128 cm³/mol. The summed E-state index contributed by atoms with van der Waals surface area (Å²) in [5.74, 6) is -0.377. The first-order valence-corrected chi connectivity index (χ1v) is 11.7. The van der Waals surface area contributed by atoms with Crippen molar-refractivity contribution in [1.82, 2.24) is 0 Å². The van der Waals surface area contributed by atoms with Crippen molar-refractivity contribution >= 4 is 35.0 Å². The number of nitrogens with one attached hydrogen (secondary N) is 1. The fourth-order valence-electron chi connectivity index (χ4n) is 4.05. The molecule has 1 saturated heterocycles. The molecule has 0 aliphatic carbocycles. The molecule has 32 heavy (non-hydrogen) atoms. The molecule has 1 fully saturated rings. The standard InChI is InChI=1S/C26H25FN2O2S/c1-3-21(18-9-5-4-6-10-18)25(31)28-20-12-7-11-19(15-20)26-29(24(30)16-32-26)23-14-8-13-22(27)17(23)2/h4-15,21,26H,3,16H2,1-2H3,(H,28,31). The van der Waals surface area contributed by atoms with Crippen LogP contribution in [0.2, 0.25) is 0 Å². The Morgan fingerprint density at radius 1 is 1.12 bits per heavy atom. The monoisotopic (exact) mass is 448 g/mol. The zero-order valence-electron chi connectivity index (χ0n) is 18.0. The first kappa shape index (κ1) is 22.1. The third kappa shape index (κ3) is 4.41. The molecule has 1 aliphatic heterocycles. The van der Waals surface area contributed by atoms with Crippen LogP contribution in [-0.2, 0) is 9.59 Å². The summed E-state index contributed by atoms with van der Waals surface area (Å²) < 4.78 is 14.2. The molecule has 2 amide bonds. The van der Waals surface area contributed by atoms with Crippen LogP contribution >= 0.6 is 11.8 Å². The molecule has 0 aromatic heterocycles. The van der Waals surface area contributed by atoms with E-state index in [0.717, 1.165) is 11.1 Å². The van der Waals surface area contributed by atoms with E-state index in [9.17, 15) is 14.0 Å². The molecule has 164 valence electrons. The van der Waals surface area contributed by atoms with Crippen LogP contribution in [0.15, 0.2) is 72.8 Å². The number of rotatable bonds is 6.